The summed E-state index contributed by atoms with van der Waals surface area (Å²) in [6.45, 7) is 3.46. The lowest BCUT2D eigenvalue weighted by Crippen LogP contribution is -2.31. The first-order chi connectivity index (χ1) is 12.1. The van der Waals surface area contributed by atoms with E-state index in [-0.39, 0.29) is 5.91 Å². The number of benzene rings is 2. The van der Waals surface area contributed by atoms with Crippen LogP contribution in [0, 0.1) is 0 Å². The number of hydrogen-bond donors (Lipinski definition) is 1. The summed E-state index contributed by atoms with van der Waals surface area (Å²) in [4.78, 5) is 15.0. The highest BCUT2D eigenvalue weighted by Gasteiger charge is 2.12. The number of rotatable bonds is 5. The summed E-state index contributed by atoms with van der Waals surface area (Å²) in [6.07, 6.45) is 4.94. The second-order valence-corrected chi connectivity index (χ2v) is 7.27. The summed E-state index contributed by atoms with van der Waals surface area (Å²) in [5.41, 5.74) is 2.38. The summed E-state index contributed by atoms with van der Waals surface area (Å²) >= 11 is 12.1. The number of likely N-dealkylation sites (tertiary alicyclic amines) is 1. The van der Waals surface area contributed by atoms with Gasteiger partial charge in [0.25, 0.3) is 5.91 Å². The van der Waals surface area contributed by atoms with Crippen LogP contribution in [0.3, 0.4) is 0 Å². The number of hydrogen-bond acceptors (Lipinski definition) is 2. The minimum Gasteiger partial charge on any atom is -0.322 e. The van der Waals surface area contributed by atoms with Crippen LogP contribution in [0.4, 0.5) is 5.69 Å². The maximum absolute atomic E-state index is 12.4. The normalized spacial score (nSPS) is 15.1. The highest BCUT2D eigenvalue weighted by atomic mass is 35.5. The SMILES string of the molecule is O=C(Nc1cccc(CCN2CCCCC2)c1)c1cc(Cl)ccc1Cl. The van der Waals surface area contributed by atoms with Crippen LogP contribution in [-0.2, 0) is 6.42 Å². The van der Waals surface area contributed by atoms with Gasteiger partial charge in [-0.2, -0.15) is 0 Å². The second kappa shape index (κ2) is 8.70. The molecule has 0 atom stereocenters. The number of piperidine rings is 1. The van der Waals surface area contributed by atoms with Gasteiger partial charge in [-0.15, -0.1) is 0 Å². The summed E-state index contributed by atoms with van der Waals surface area (Å²) in [6, 6.07) is 12.9. The van der Waals surface area contributed by atoms with Crippen molar-refractivity contribution in [3.63, 3.8) is 0 Å². The number of carbonyl (C=O) groups excluding carboxylic acids is 1. The number of anilines is 1. The average molecular weight is 377 g/mol. The van der Waals surface area contributed by atoms with Crippen molar-refractivity contribution in [3.8, 4) is 0 Å². The van der Waals surface area contributed by atoms with Gasteiger partial charge < -0.3 is 10.2 Å². The zero-order valence-electron chi connectivity index (χ0n) is 14.1. The Morgan fingerprint density at radius 3 is 2.64 bits per heavy atom. The third kappa shape index (κ3) is 5.21. The van der Waals surface area contributed by atoms with Gasteiger partial charge in [0.15, 0.2) is 0 Å². The maximum atomic E-state index is 12.4. The van der Waals surface area contributed by atoms with Crippen LogP contribution in [-0.4, -0.2) is 30.4 Å². The third-order valence-electron chi connectivity index (χ3n) is 4.52. The molecule has 1 amide bonds. The Balaban J connectivity index is 1.62. The number of carbonyl (C=O) groups is 1. The van der Waals surface area contributed by atoms with Gasteiger partial charge in [0, 0.05) is 17.3 Å². The number of halogens is 2. The Hall–Kier alpha value is -1.55. The standard InChI is InChI=1S/C20H22Cl2N2O/c21-16-7-8-19(22)18(14-16)20(25)23-17-6-4-5-15(13-17)9-12-24-10-2-1-3-11-24/h4-8,13-14H,1-3,9-12H2,(H,23,25). The molecule has 2 aromatic rings. The topological polar surface area (TPSA) is 32.3 Å². The van der Waals surface area contributed by atoms with Gasteiger partial charge in [-0.1, -0.05) is 41.8 Å². The molecular formula is C20H22Cl2N2O. The van der Waals surface area contributed by atoms with Crippen molar-refractivity contribution in [2.45, 2.75) is 25.7 Å². The Bertz CT molecular complexity index is 742. The van der Waals surface area contributed by atoms with Crippen LogP contribution >= 0.6 is 23.2 Å². The van der Waals surface area contributed by atoms with E-state index in [1.54, 1.807) is 18.2 Å². The van der Waals surface area contributed by atoms with Crippen LogP contribution in [0.5, 0.6) is 0 Å². The lowest BCUT2D eigenvalue weighted by atomic mass is 10.1. The van der Waals surface area contributed by atoms with Crippen molar-refractivity contribution in [1.29, 1.82) is 0 Å². The fourth-order valence-electron chi connectivity index (χ4n) is 3.14. The molecule has 3 nitrogen and oxygen atoms in total. The van der Waals surface area contributed by atoms with E-state index in [9.17, 15) is 4.79 Å². The van der Waals surface area contributed by atoms with Gasteiger partial charge in [-0.3, -0.25) is 4.79 Å². The van der Waals surface area contributed by atoms with Crippen LogP contribution in [0.1, 0.15) is 35.2 Å². The molecular weight excluding hydrogens is 355 g/mol. The minimum atomic E-state index is -0.249. The van der Waals surface area contributed by atoms with Crippen molar-refractivity contribution in [3.05, 3.63) is 63.6 Å². The number of amides is 1. The van der Waals surface area contributed by atoms with Crippen LogP contribution in [0.15, 0.2) is 42.5 Å². The maximum Gasteiger partial charge on any atom is 0.257 e. The predicted octanol–water partition coefficient (Wildman–Crippen LogP) is 5.27. The third-order valence-corrected chi connectivity index (χ3v) is 5.09. The fraction of sp³-hybridized carbons (Fsp3) is 0.350. The van der Waals surface area contributed by atoms with E-state index in [2.05, 4.69) is 16.3 Å². The molecule has 0 unspecified atom stereocenters. The lowest BCUT2D eigenvalue weighted by molar-refractivity contribution is 0.102. The molecule has 1 saturated heterocycles. The average Bonchev–Trinajstić information content (AvgIpc) is 2.63. The monoisotopic (exact) mass is 376 g/mol. The van der Waals surface area contributed by atoms with E-state index >= 15 is 0 Å². The largest absolute Gasteiger partial charge is 0.322 e. The van der Waals surface area contributed by atoms with E-state index in [0.29, 0.717) is 15.6 Å². The molecule has 3 rings (SSSR count). The Morgan fingerprint density at radius 1 is 1.04 bits per heavy atom. The molecule has 132 valence electrons. The van der Waals surface area contributed by atoms with Crippen LogP contribution in [0.2, 0.25) is 10.0 Å². The lowest BCUT2D eigenvalue weighted by Gasteiger charge is -2.26. The summed E-state index contributed by atoms with van der Waals surface area (Å²) in [5, 5.41) is 3.79. The smallest absolute Gasteiger partial charge is 0.257 e. The van der Waals surface area contributed by atoms with Crippen molar-refractivity contribution < 1.29 is 4.79 Å². The first-order valence-corrected chi connectivity index (χ1v) is 9.45. The molecule has 0 bridgehead atoms. The van der Waals surface area contributed by atoms with E-state index < -0.39 is 0 Å². The molecule has 0 aromatic heterocycles. The molecule has 0 radical (unpaired) electrons. The predicted molar refractivity (Wildman–Crippen MR) is 105 cm³/mol. The van der Waals surface area contributed by atoms with Gasteiger partial charge in [0.05, 0.1) is 10.6 Å². The van der Waals surface area contributed by atoms with Crippen molar-refractivity contribution in [1.82, 2.24) is 4.90 Å². The Labute approximate surface area is 158 Å². The fourth-order valence-corrected chi connectivity index (χ4v) is 3.52. The second-order valence-electron chi connectivity index (χ2n) is 6.43. The highest BCUT2D eigenvalue weighted by Crippen LogP contribution is 2.22. The summed E-state index contributed by atoms with van der Waals surface area (Å²) < 4.78 is 0. The first-order valence-electron chi connectivity index (χ1n) is 8.69. The van der Waals surface area contributed by atoms with Crippen molar-refractivity contribution in [2.75, 3.05) is 25.0 Å². The van der Waals surface area contributed by atoms with Crippen LogP contribution < -0.4 is 5.32 Å². The van der Waals surface area contributed by atoms with Crippen LogP contribution in [0.25, 0.3) is 0 Å². The van der Waals surface area contributed by atoms with E-state index in [4.69, 9.17) is 23.2 Å². The molecule has 25 heavy (non-hydrogen) atoms. The molecule has 1 heterocycles. The highest BCUT2D eigenvalue weighted by molar-refractivity contribution is 6.36. The first kappa shape index (κ1) is 18.2. The van der Waals surface area contributed by atoms with E-state index in [1.807, 2.05) is 18.2 Å². The van der Waals surface area contributed by atoms with Gasteiger partial charge in [0.1, 0.15) is 0 Å². The zero-order valence-corrected chi connectivity index (χ0v) is 15.6. The number of nitrogens with zero attached hydrogens (tertiary/aromatic N) is 1. The van der Waals surface area contributed by atoms with Crippen molar-refractivity contribution in [2.24, 2.45) is 0 Å². The summed E-state index contributed by atoms with van der Waals surface area (Å²) in [5.74, 6) is -0.249. The molecule has 1 aliphatic rings. The van der Waals surface area contributed by atoms with Crippen molar-refractivity contribution >= 4 is 34.8 Å². The van der Waals surface area contributed by atoms with Gasteiger partial charge in [-0.05, 0) is 68.2 Å². The van der Waals surface area contributed by atoms with Gasteiger partial charge in [0.2, 0.25) is 0 Å². The van der Waals surface area contributed by atoms with Gasteiger partial charge >= 0.3 is 0 Å². The van der Waals surface area contributed by atoms with E-state index in [0.717, 1.165) is 18.7 Å². The van der Waals surface area contributed by atoms with E-state index in [1.165, 1.54) is 37.9 Å². The van der Waals surface area contributed by atoms with Gasteiger partial charge in [-0.25, -0.2) is 0 Å². The molecule has 1 N–H and O–H groups in total. The number of nitrogens with one attached hydrogen (secondary N) is 1. The molecule has 5 heteroatoms. The molecule has 0 aliphatic carbocycles. The molecule has 1 aliphatic heterocycles. The molecule has 2 aromatic carbocycles. The Kier molecular flexibility index (Phi) is 6.35. The minimum absolute atomic E-state index is 0.249. The molecule has 0 saturated carbocycles. The molecule has 1 fully saturated rings. The Morgan fingerprint density at radius 2 is 1.84 bits per heavy atom. The molecule has 0 spiro atoms. The zero-order chi connectivity index (χ0) is 17.6. The summed E-state index contributed by atoms with van der Waals surface area (Å²) in [7, 11) is 0. The quantitative estimate of drug-likeness (QED) is 0.770.